The van der Waals surface area contributed by atoms with E-state index in [1.165, 1.54) is 0 Å². The van der Waals surface area contributed by atoms with E-state index in [0.29, 0.717) is 17.7 Å². The summed E-state index contributed by atoms with van der Waals surface area (Å²) < 4.78 is 0. The quantitative estimate of drug-likeness (QED) is 0.648. The van der Waals surface area contributed by atoms with Crippen LogP contribution in [0.5, 0.6) is 0 Å². The molecule has 4 rings (SSSR count). The van der Waals surface area contributed by atoms with Crippen LogP contribution in [-0.4, -0.2) is 46.7 Å². The number of nitrogens with one attached hydrogen (secondary N) is 2. The first-order valence-electron chi connectivity index (χ1n) is 9.80. The number of imide groups is 2. The number of fused-ring (bicyclic) bond motifs is 1. The molecule has 148 valence electrons. The van der Waals surface area contributed by atoms with Crippen molar-refractivity contribution in [3.05, 3.63) is 34.9 Å². The molecule has 2 aliphatic heterocycles. The lowest BCUT2D eigenvalue weighted by Gasteiger charge is -2.29. The molecule has 0 spiro atoms. The molecule has 1 aromatic rings. The Hall–Kier alpha value is -2.58. The van der Waals surface area contributed by atoms with Crippen LogP contribution in [0.3, 0.4) is 0 Å². The lowest BCUT2D eigenvalue weighted by Crippen LogP contribution is -2.54. The monoisotopic (exact) mass is 384 g/mol. The van der Waals surface area contributed by atoms with Crippen LogP contribution in [0.1, 0.15) is 64.8 Å². The molecule has 4 N–H and O–H groups in total. The van der Waals surface area contributed by atoms with Gasteiger partial charge in [0.25, 0.3) is 11.8 Å². The second kappa shape index (κ2) is 7.44. The normalized spacial score (nSPS) is 27.8. The smallest absolute Gasteiger partial charge is 0.262 e. The number of carbonyl (C=O) groups excluding carboxylic acids is 4. The van der Waals surface area contributed by atoms with E-state index in [1.54, 1.807) is 12.1 Å². The number of amides is 4. The van der Waals surface area contributed by atoms with Gasteiger partial charge in [0.05, 0.1) is 11.1 Å². The molecule has 1 aromatic carbocycles. The molecule has 3 aliphatic rings. The zero-order valence-corrected chi connectivity index (χ0v) is 15.6. The Balaban J connectivity index is 1.56. The number of hydrogen-bond donors (Lipinski definition) is 3. The van der Waals surface area contributed by atoms with Gasteiger partial charge in [-0.1, -0.05) is 25.0 Å². The number of piperidine rings is 1. The topological polar surface area (TPSA) is 122 Å². The van der Waals surface area contributed by atoms with E-state index in [2.05, 4.69) is 10.6 Å². The minimum absolute atomic E-state index is 0.0859. The van der Waals surface area contributed by atoms with Crippen molar-refractivity contribution < 1.29 is 19.2 Å². The highest BCUT2D eigenvalue weighted by Crippen LogP contribution is 2.30. The third kappa shape index (κ3) is 3.22. The van der Waals surface area contributed by atoms with Crippen LogP contribution in [-0.2, 0) is 16.1 Å². The molecule has 3 atom stereocenters. The lowest BCUT2D eigenvalue weighted by atomic mass is 9.90. The zero-order chi connectivity index (χ0) is 19.8. The molecule has 1 saturated carbocycles. The number of carbonyl (C=O) groups is 4. The van der Waals surface area contributed by atoms with Crippen LogP contribution in [0, 0.1) is 0 Å². The van der Waals surface area contributed by atoms with Crippen LogP contribution in [0.4, 0.5) is 0 Å². The zero-order valence-electron chi connectivity index (χ0n) is 15.6. The van der Waals surface area contributed by atoms with Crippen LogP contribution >= 0.6 is 0 Å². The second-order valence-corrected chi connectivity index (χ2v) is 7.72. The Morgan fingerprint density at radius 1 is 1.07 bits per heavy atom. The predicted octanol–water partition coefficient (Wildman–Crippen LogP) is 0.447. The molecule has 2 heterocycles. The molecule has 8 nitrogen and oxygen atoms in total. The van der Waals surface area contributed by atoms with Gasteiger partial charge >= 0.3 is 0 Å². The van der Waals surface area contributed by atoms with E-state index >= 15 is 0 Å². The molecule has 2 fully saturated rings. The van der Waals surface area contributed by atoms with Crippen LogP contribution in [0.2, 0.25) is 0 Å². The van der Waals surface area contributed by atoms with Crippen molar-refractivity contribution in [1.82, 2.24) is 15.5 Å². The molecule has 4 amide bonds. The van der Waals surface area contributed by atoms with Gasteiger partial charge in [-0.15, -0.1) is 0 Å². The van der Waals surface area contributed by atoms with Crippen molar-refractivity contribution in [2.45, 2.75) is 63.2 Å². The summed E-state index contributed by atoms with van der Waals surface area (Å²) in [5, 5.41) is 5.64. The van der Waals surface area contributed by atoms with E-state index in [9.17, 15) is 19.2 Å². The van der Waals surface area contributed by atoms with E-state index in [-0.39, 0.29) is 30.8 Å². The molecule has 0 bridgehead atoms. The van der Waals surface area contributed by atoms with E-state index < -0.39 is 23.8 Å². The van der Waals surface area contributed by atoms with Crippen molar-refractivity contribution in [2.75, 3.05) is 0 Å². The fourth-order valence-electron chi connectivity index (χ4n) is 4.39. The van der Waals surface area contributed by atoms with Gasteiger partial charge in [0, 0.05) is 25.0 Å². The number of hydrogen-bond acceptors (Lipinski definition) is 6. The van der Waals surface area contributed by atoms with Gasteiger partial charge in [-0.3, -0.25) is 29.4 Å². The molecule has 1 saturated heterocycles. The number of benzene rings is 1. The van der Waals surface area contributed by atoms with Gasteiger partial charge in [-0.25, -0.2) is 0 Å². The average Bonchev–Trinajstić information content (AvgIpc) is 2.93. The van der Waals surface area contributed by atoms with Crippen molar-refractivity contribution in [1.29, 1.82) is 0 Å². The predicted molar refractivity (Wildman–Crippen MR) is 100 cm³/mol. The third-order valence-electron chi connectivity index (χ3n) is 5.93. The SMILES string of the molecule is N[C@H]1CCCC[C@H]1NCc1cccc2c1C(=O)N(C1CCC(=O)NC1=O)C2=O. The summed E-state index contributed by atoms with van der Waals surface area (Å²) in [6, 6.07) is 4.50. The summed E-state index contributed by atoms with van der Waals surface area (Å²) in [6.45, 7) is 0.434. The molecule has 1 unspecified atom stereocenters. The van der Waals surface area contributed by atoms with Crippen molar-refractivity contribution in [3.8, 4) is 0 Å². The van der Waals surface area contributed by atoms with Gasteiger partial charge in [0.15, 0.2) is 0 Å². The minimum Gasteiger partial charge on any atom is -0.326 e. The van der Waals surface area contributed by atoms with Crippen molar-refractivity contribution in [2.24, 2.45) is 5.73 Å². The Morgan fingerprint density at radius 3 is 2.61 bits per heavy atom. The van der Waals surface area contributed by atoms with Crippen LogP contribution in [0.25, 0.3) is 0 Å². The Kier molecular flexibility index (Phi) is 4.99. The first-order valence-corrected chi connectivity index (χ1v) is 9.80. The van der Waals surface area contributed by atoms with Gasteiger partial charge in [0.2, 0.25) is 11.8 Å². The maximum Gasteiger partial charge on any atom is 0.262 e. The standard InChI is InChI=1S/C20H24N4O4/c21-13-6-1-2-7-14(13)22-10-11-4-3-5-12-17(11)20(28)24(19(12)27)15-8-9-16(25)23-18(15)26/h3-5,13-15,22H,1-2,6-10,21H2,(H,23,25,26)/t13-,14+,15?/m0/s1. The summed E-state index contributed by atoms with van der Waals surface area (Å²) in [5.74, 6) is -1.93. The van der Waals surface area contributed by atoms with Gasteiger partial charge in [0.1, 0.15) is 6.04 Å². The van der Waals surface area contributed by atoms with Crippen molar-refractivity contribution >= 4 is 23.6 Å². The Morgan fingerprint density at radius 2 is 1.86 bits per heavy atom. The fourth-order valence-corrected chi connectivity index (χ4v) is 4.39. The first-order chi connectivity index (χ1) is 13.5. The molecular formula is C20H24N4O4. The molecular weight excluding hydrogens is 360 g/mol. The highest BCUT2D eigenvalue weighted by molar-refractivity contribution is 6.24. The van der Waals surface area contributed by atoms with Crippen molar-refractivity contribution in [3.63, 3.8) is 0 Å². The Bertz CT molecular complexity index is 853. The maximum atomic E-state index is 13.1. The summed E-state index contributed by atoms with van der Waals surface area (Å²) >= 11 is 0. The number of rotatable bonds is 4. The van der Waals surface area contributed by atoms with Crippen LogP contribution < -0.4 is 16.4 Å². The number of nitrogens with two attached hydrogens (primary N) is 1. The van der Waals surface area contributed by atoms with E-state index in [4.69, 9.17) is 5.73 Å². The molecule has 0 radical (unpaired) electrons. The highest BCUT2D eigenvalue weighted by atomic mass is 16.2. The number of nitrogens with zero attached hydrogens (tertiary/aromatic N) is 1. The lowest BCUT2D eigenvalue weighted by molar-refractivity contribution is -0.136. The summed E-state index contributed by atoms with van der Waals surface area (Å²) in [7, 11) is 0. The third-order valence-corrected chi connectivity index (χ3v) is 5.93. The minimum atomic E-state index is -0.947. The maximum absolute atomic E-state index is 13.1. The second-order valence-electron chi connectivity index (χ2n) is 7.72. The van der Waals surface area contributed by atoms with Crippen LogP contribution in [0.15, 0.2) is 18.2 Å². The Labute approximate surface area is 162 Å². The largest absolute Gasteiger partial charge is 0.326 e. The molecule has 28 heavy (non-hydrogen) atoms. The first kappa shape index (κ1) is 18.8. The summed E-state index contributed by atoms with van der Waals surface area (Å²) in [4.78, 5) is 50.5. The fraction of sp³-hybridized carbons (Fsp3) is 0.500. The molecule has 8 heteroatoms. The molecule has 0 aromatic heterocycles. The van der Waals surface area contributed by atoms with Gasteiger partial charge in [-0.2, -0.15) is 0 Å². The van der Waals surface area contributed by atoms with E-state index in [0.717, 1.165) is 36.1 Å². The van der Waals surface area contributed by atoms with Gasteiger partial charge < -0.3 is 11.1 Å². The molecule has 1 aliphatic carbocycles. The average molecular weight is 384 g/mol. The highest BCUT2D eigenvalue weighted by Gasteiger charge is 2.45. The van der Waals surface area contributed by atoms with Gasteiger partial charge in [-0.05, 0) is 30.9 Å². The summed E-state index contributed by atoms with van der Waals surface area (Å²) in [5.41, 5.74) is 7.56. The van der Waals surface area contributed by atoms with E-state index in [1.807, 2.05) is 6.07 Å². The summed E-state index contributed by atoms with van der Waals surface area (Å²) in [6.07, 6.45) is 4.49.